The van der Waals surface area contributed by atoms with E-state index < -0.39 is 6.10 Å². The summed E-state index contributed by atoms with van der Waals surface area (Å²) in [5, 5.41) is 13.2. The summed E-state index contributed by atoms with van der Waals surface area (Å²) in [5.74, 6) is 0.779. The number of aromatic nitrogens is 1. The normalized spacial score (nSPS) is 13.7. The summed E-state index contributed by atoms with van der Waals surface area (Å²) in [6.45, 7) is 4.85. The summed E-state index contributed by atoms with van der Waals surface area (Å²) >= 11 is 0. The van der Waals surface area contributed by atoms with Gasteiger partial charge in [-0.15, -0.1) is 0 Å². The molecule has 1 aromatic heterocycles. The molecule has 0 saturated heterocycles. The van der Waals surface area contributed by atoms with Crippen LogP contribution in [0.2, 0.25) is 0 Å². The largest absolute Gasteiger partial charge is 0.491 e. The highest BCUT2D eigenvalue weighted by Gasteiger charge is 2.09. The maximum absolute atomic E-state index is 9.96. The van der Waals surface area contributed by atoms with Crippen LogP contribution in [0.4, 0.5) is 0 Å². The molecule has 0 fully saturated rings. The van der Waals surface area contributed by atoms with Crippen molar-refractivity contribution in [1.29, 1.82) is 0 Å². The topological polar surface area (TPSA) is 54.4 Å². The van der Waals surface area contributed by atoms with Crippen molar-refractivity contribution in [3.63, 3.8) is 0 Å². The molecule has 0 aliphatic rings. The van der Waals surface area contributed by atoms with Gasteiger partial charge >= 0.3 is 0 Å². The van der Waals surface area contributed by atoms with Crippen LogP contribution in [0, 0.1) is 6.92 Å². The van der Waals surface area contributed by atoms with Gasteiger partial charge in [-0.05, 0) is 43.7 Å². The van der Waals surface area contributed by atoms with Gasteiger partial charge in [0.25, 0.3) is 0 Å². The lowest BCUT2D eigenvalue weighted by Gasteiger charge is -2.18. The molecule has 2 rings (SSSR count). The van der Waals surface area contributed by atoms with E-state index in [9.17, 15) is 5.11 Å². The van der Waals surface area contributed by atoms with Crippen molar-refractivity contribution in [3.8, 4) is 5.75 Å². The maximum Gasteiger partial charge on any atom is 0.119 e. The van der Waals surface area contributed by atoms with Crippen LogP contribution in [-0.4, -0.2) is 29.3 Å². The third-order valence-electron chi connectivity index (χ3n) is 3.33. The van der Waals surface area contributed by atoms with Crippen LogP contribution in [0.25, 0.3) is 0 Å². The van der Waals surface area contributed by atoms with Crippen molar-refractivity contribution in [2.45, 2.75) is 26.0 Å². The lowest BCUT2D eigenvalue weighted by atomic mass is 10.1. The van der Waals surface area contributed by atoms with E-state index in [0.717, 1.165) is 11.3 Å². The van der Waals surface area contributed by atoms with Gasteiger partial charge in [0.2, 0.25) is 0 Å². The van der Waals surface area contributed by atoms with Gasteiger partial charge in [-0.1, -0.05) is 17.7 Å². The second-order valence-corrected chi connectivity index (χ2v) is 5.19. The Hall–Kier alpha value is -1.91. The summed E-state index contributed by atoms with van der Waals surface area (Å²) in [6.07, 6.45) is 2.99. The lowest BCUT2D eigenvalue weighted by Crippen LogP contribution is -2.33. The van der Waals surface area contributed by atoms with Crippen LogP contribution in [0.5, 0.6) is 5.75 Å². The van der Waals surface area contributed by atoms with Gasteiger partial charge in [0, 0.05) is 25.0 Å². The number of hydrogen-bond donors (Lipinski definition) is 2. The van der Waals surface area contributed by atoms with Gasteiger partial charge < -0.3 is 15.2 Å². The van der Waals surface area contributed by atoms with Crippen molar-refractivity contribution in [2.24, 2.45) is 0 Å². The third kappa shape index (κ3) is 5.17. The molecule has 112 valence electrons. The van der Waals surface area contributed by atoms with Crippen LogP contribution >= 0.6 is 0 Å². The highest BCUT2D eigenvalue weighted by Crippen LogP contribution is 2.12. The van der Waals surface area contributed by atoms with E-state index in [4.69, 9.17) is 4.74 Å². The number of hydrogen-bond acceptors (Lipinski definition) is 4. The number of rotatable bonds is 7. The number of aliphatic hydroxyl groups is 1. The number of aryl methyl sites for hydroxylation is 1. The zero-order valence-electron chi connectivity index (χ0n) is 12.5. The first kappa shape index (κ1) is 15.5. The van der Waals surface area contributed by atoms with E-state index in [-0.39, 0.29) is 12.6 Å². The Morgan fingerprint density at radius 1 is 1.14 bits per heavy atom. The Kier molecular flexibility index (Phi) is 5.72. The molecule has 1 unspecified atom stereocenters. The quantitative estimate of drug-likeness (QED) is 0.821. The van der Waals surface area contributed by atoms with Gasteiger partial charge in [0.05, 0.1) is 0 Å². The molecule has 4 heteroatoms. The van der Waals surface area contributed by atoms with Crippen molar-refractivity contribution in [2.75, 3.05) is 13.2 Å². The second kappa shape index (κ2) is 7.76. The molecular weight excluding hydrogens is 264 g/mol. The van der Waals surface area contributed by atoms with Gasteiger partial charge in [-0.25, -0.2) is 0 Å². The Labute approximate surface area is 125 Å². The molecule has 2 aromatic rings. The van der Waals surface area contributed by atoms with E-state index in [1.54, 1.807) is 12.4 Å². The third-order valence-corrected chi connectivity index (χ3v) is 3.33. The number of pyridine rings is 1. The molecule has 0 radical (unpaired) electrons. The first-order valence-electron chi connectivity index (χ1n) is 7.16. The van der Waals surface area contributed by atoms with E-state index in [1.165, 1.54) is 5.56 Å². The smallest absolute Gasteiger partial charge is 0.119 e. The Balaban J connectivity index is 1.72. The highest BCUT2D eigenvalue weighted by atomic mass is 16.5. The van der Waals surface area contributed by atoms with Gasteiger partial charge in [0.15, 0.2) is 0 Å². The minimum Gasteiger partial charge on any atom is -0.491 e. The highest BCUT2D eigenvalue weighted by molar-refractivity contribution is 5.26. The molecule has 2 atom stereocenters. The van der Waals surface area contributed by atoms with E-state index in [0.29, 0.717) is 6.54 Å². The first-order valence-corrected chi connectivity index (χ1v) is 7.16. The fraction of sp³-hybridized carbons (Fsp3) is 0.353. The summed E-state index contributed by atoms with van der Waals surface area (Å²) in [4.78, 5) is 4.00. The number of aliphatic hydroxyl groups excluding tert-OH is 1. The van der Waals surface area contributed by atoms with Crippen LogP contribution in [0.1, 0.15) is 24.1 Å². The maximum atomic E-state index is 9.96. The number of nitrogens with zero attached hydrogens (tertiary/aromatic N) is 1. The molecule has 0 aliphatic heterocycles. The molecule has 0 aliphatic carbocycles. The predicted molar refractivity (Wildman–Crippen MR) is 83.3 cm³/mol. The summed E-state index contributed by atoms with van der Waals surface area (Å²) < 4.78 is 5.56. The monoisotopic (exact) mass is 286 g/mol. The fourth-order valence-corrected chi connectivity index (χ4v) is 1.97. The van der Waals surface area contributed by atoms with Gasteiger partial charge in [0.1, 0.15) is 18.5 Å². The van der Waals surface area contributed by atoms with Crippen molar-refractivity contribution in [3.05, 3.63) is 59.9 Å². The van der Waals surface area contributed by atoms with Gasteiger partial charge in [-0.3, -0.25) is 4.98 Å². The molecule has 2 N–H and O–H groups in total. The average molecular weight is 286 g/mol. The predicted octanol–water partition coefficient (Wildman–Crippen LogP) is 2.48. The summed E-state index contributed by atoms with van der Waals surface area (Å²) in [7, 11) is 0. The summed E-state index contributed by atoms with van der Waals surface area (Å²) in [6, 6.07) is 11.9. The molecule has 0 spiro atoms. The minimum atomic E-state index is -0.546. The minimum absolute atomic E-state index is 0.169. The SMILES string of the molecule is Cc1ccc(OCC(O)CN[C@H](C)c2ccncc2)cc1. The standard InChI is InChI=1S/C17H22N2O2/c1-13-3-5-17(6-4-13)21-12-16(20)11-19-14(2)15-7-9-18-10-8-15/h3-10,14,16,19-20H,11-12H2,1-2H3/t14-,16?/m1/s1. The molecule has 0 bridgehead atoms. The van der Waals surface area contributed by atoms with E-state index >= 15 is 0 Å². The lowest BCUT2D eigenvalue weighted by molar-refractivity contribution is 0.104. The molecule has 0 amide bonds. The number of nitrogens with one attached hydrogen (secondary N) is 1. The zero-order valence-corrected chi connectivity index (χ0v) is 12.5. The Morgan fingerprint density at radius 2 is 1.81 bits per heavy atom. The Morgan fingerprint density at radius 3 is 2.48 bits per heavy atom. The number of ether oxygens (including phenoxy) is 1. The van der Waals surface area contributed by atoms with Crippen LogP contribution in [-0.2, 0) is 0 Å². The Bertz CT molecular complexity index is 528. The molecular formula is C17H22N2O2. The van der Waals surface area contributed by atoms with Crippen LogP contribution in [0.15, 0.2) is 48.8 Å². The van der Waals surface area contributed by atoms with Crippen molar-refractivity contribution < 1.29 is 9.84 Å². The molecule has 0 saturated carbocycles. The first-order chi connectivity index (χ1) is 10.1. The van der Waals surface area contributed by atoms with Crippen LogP contribution in [0.3, 0.4) is 0 Å². The van der Waals surface area contributed by atoms with Crippen LogP contribution < -0.4 is 10.1 Å². The zero-order chi connectivity index (χ0) is 15.1. The van der Waals surface area contributed by atoms with Crippen molar-refractivity contribution >= 4 is 0 Å². The van der Waals surface area contributed by atoms with Gasteiger partial charge in [-0.2, -0.15) is 0 Å². The average Bonchev–Trinajstić information content (AvgIpc) is 2.53. The fourth-order valence-electron chi connectivity index (χ4n) is 1.97. The summed E-state index contributed by atoms with van der Waals surface area (Å²) in [5.41, 5.74) is 2.34. The second-order valence-electron chi connectivity index (χ2n) is 5.19. The van der Waals surface area contributed by atoms with E-state index in [1.807, 2.05) is 43.3 Å². The molecule has 21 heavy (non-hydrogen) atoms. The number of benzene rings is 1. The molecule has 1 heterocycles. The molecule has 1 aromatic carbocycles. The van der Waals surface area contributed by atoms with Crippen molar-refractivity contribution in [1.82, 2.24) is 10.3 Å². The molecule has 4 nitrogen and oxygen atoms in total. The van der Waals surface area contributed by atoms with E-state index in [2.05, 4.69) is 17.2 Å².